The van der Waals surface area contributed by atoms with E-state index in [4.69, 9.17) is 14.2 Å². The molecule has 0 amide bonds. The normalized spacial score (nSPS) is 23.8. The van der Waals surface area contributed by atoms with E-state index >= 15 is 0 Å². The van der Waals surface area contributed by atoms with Crippen LogP contribution in [0.5, 0.6) is 17.2 Å². The minimum atomic E-state index is -4.31. The van der Waals surface area contributed by atoms with Gasteiger partial charge in [-0.2, -0.15) is 39.5 Å². The number of piperidine rings is 3. The second-order valence-corrected chi connectivity index (χ2v) is 29.1. The highest BCUT2D eigenvalue weighted by Gasteiger charge is 2.42. The van der Waals surface area contributed by atoms with E-state index in [2.05, 4.69) is 65.8 Å². The van der Waals surface area contributed by atoms with Crippen LogP contribution in [-0.4, -0.2) is 147 Å². The molecule has 6 aromatic carbocycles. The first-order valence-electron chi connectivity index (χ1n) is 37.2. The molecule has 0 aliphatic carbocycles. The lowest BCUT2D eigenvalue weighted by Crippen LogP contribution is -2.35. The molecule has 0 saturated carbocycles. The summed E-state index contributed by atoms with van der Waals surface area (Å²) in [4.78, 5) is 15.1. The molecule has 0 unspecified atom stereocenters. The van der Waals surface area contributed by atoms with Crippen LogP contribution in [0, 0.1) is 0 Å². The molecule has 99 heavy (non-hydrogen) atoms. The van der Waals surface area contributed by atoms with Gasteiger partial charge in [-0.15, -0.1) is 0 Å². The number of halogens is 9. The summed E-state index contributed by atoms with van der Waals surface area (Å²) in [6.45, 7) is 18.2. The second kappa shape index (κ2) is 32.4. The summed E-state index contributed by atoms with van der Waals surface area (Å²) in [6.07, 6.45) is 8.86. The van der Waals surface area contributed by atoms with Gasteiger partial charge in [0.1, 0.15) is 17.2 Å². The Morgan fingerprint density at radius 2 is 0.667 bits per heavy atom. The third-order valence-corrected chi connectivity index (χ3v) is 22.7. The summed E-state index contributed by atoms with van der Waals surface area (Å²) in [7, 11) is 0. The Kier molecular flexibility index (Phi) is 23.4. The van der Waals surface area contributed by atoms with E-state index in [1.807, 2.05) is 18.2 Å². The zero-order chi connectivity index (χ0) is 68.5. The third kappa shape index (κ3) is 17.7. The molecule has 9 nitrogen and oxygen atoms in total. The van der Waals surface area contributed by atoms with E-state index in [0.29, 0.717) is 37.9 Å². The molecular formula is C81H99F9N6O3. The Balaban J connectivity index is 0.000000133. The van der Waals surface area contributed by atoms with Crippen molar-refractivity contribution in [2.45, 2.75) is 170 Å². The van der Waals surface area contributed by atoms with Crippen molar-refractivity contribution in [2.75, 3.05) is 118 Å². The van der Waals surface area contributed by atoms with Gasteiger partial charge in [0.05, 0.1) is 36.5 Å². The molecule has 9 heterocycles. The summed E-state index contributed by atoms with van der Waals surface area (Å²) in [5, 5.41) is 0. The first kappa shape index (κ1) is 71.3. The van der Waals surface area contributed by atoms with Crippen molar-refractivity contribution >= 4 is 0 Å². The van der Waals surface area contributed by atoms with Crippen LogP contribution >= 0.6 is 0 Å². The molecule has 15 rings (SSSR count). The number of rotatable bonds is 18. The van der Waals surface area contributed by atoms with Gasteiger partial charge in [0, 0.05) is 80.7 Å². The number of benzene rings is 6. The van der Waals surface area contributed by atoms with E-state index < -0.39 is 35.2 Å². The highest BCUT2D eigenvalue weighted by atomic mass is 19.4. The molecule has 6 atom stereocenters. The van der Waals surface area contributed by atoms with Crippen molar-refractivity contribution < 1.29 is 53.7 Å². The number of hydrogen-bond acceptors (Lipinski definition) is 9. The molecule has 6 aromatic rings. The van der Waals surface area contributed by atoms with Gasteiger partial charge in [-0.1, -0.05) is 79.9 Å². The summed E-state index contributed by atoms with van der Waals surface area (Å²) in [5.41, 5.74) is 8.57. The average molecular weight is 1380 g/mol. The number of ether oxygens (including phenoxy) is 3. The minimum Gasteiger partial charge on any atom is -0.494 e. The van der Waals surface area contributed by atoms with Gasteiger partial charge >= 0.3 is 18.5 Å². The molecule has 0 N–H and O–H groups in total. The molecule has 0 spiro atoms. The Morgan fingerprint density at radius 3 is 1.04 bits per heavy atom. The second-order valence-electron chi connectivity index (χ2n) is 29.1. The fraction of sp³-hybridized carbons (Fsp3) is 0.556. The molecule has 0 bridgehead atoms. The van der Waals surface area contributed by atoms with Crippen molar-refractivity contribution in [3.8, 4) is 17.2 Å². The lowest BCUT2D eigenvalue weighted by molar-refractivity contribution is -0.138. The van der Waals surface area contributed by atoms with Gasteiger partial charge in [-0.05, 0) is 266 Å². The molecular weight excluding hydrogens is 1280 g/mol. The maximum atomic E-state index is 13.1. The van der Waals surface area contributed by atoms with E-state index in [1.165, 1.54) is 167 Å². The molecule has 6 fully saturated rings. The first-order chi connectivity index (χ1) is 48.0. The van der Waals surface area contributed by atoms with Gasteiger partial charge < -0.3 is 28.9 Å². The van der Waals surface area contributed by atoms with E-state index in [0.717, 1.165) is 151 Å². The van der Waals surface area contributed by atoms with Crippen molar-refractivity contribution in [1.29, 1.82) is 0 Å². The van der Waals surface area contributed by atoms with Crippen molar-refractivity contribution in [3.63, 3.8) is 0 Å². The Labute approximate surface area is 579 Å². The molecule has 9 aliphatic heterocycles. The van der Waals surface area contributed by atoms with Crippen LogP contribution in [0.15, 0.2) is 127 Å². The van der Waals surface area contributed by atoms with Crippen molar-refractivity contribution in [1.82, 2.24) is 29.4 Å². The minimum absolute atomic E-state index is 0.0231. The molecule has 9 aliphatic rings. The summed E-state index contributed by atoms with van der Waals surface area (Å²) < 4.78 is 136. The summed E-state index contributed by atoms with van der Waals surface area (Å²) in [6, 6.07) is 37.4. The zero-order valence-electron chi connectivity index (χ0n) is 57.4. The lowest BCUT2D eigenvalue weighted by Gasteiger charge is -2.38. The van der Waals surface area contributed by atoms with Crippen LogP contribution in [0.3, 0.4) is 0 Å². The highest BCUT2D eigenvalue weighted by molar-refractivity contribution is 5.52. The summed E-state index contributed by atoms with van der Waals surface area (Å²) in [5.74, 6) is 2.92. The number of fused-ring (bicyclic) bond motifs is 9. The van der Waals surface area contributed by atoms with E-state index in [1.54, 1.807) is 36.4 Å². The van der Waals surface area contributed by atoms with E-state index in [9.17, 15) is 39.5 Å². The van der Waals surface area contributed by atoms with Gasteiger partial charge in [0.15, 0.2) is 0 Å². The van der Waals surface area contributed by atoms with Gasteiger partial charge in [0.2, 0.25) is 0 Å². The number of likely N-dealkylation sites (tertiary alicyclic amines) is 3. The number of hydrogen-bond donors (Lipinski definition) is 0. The molecule has 18 heteroatoms. The molecule has 534 valence electrons. The van der Waals surface area contributed by atoms with Crippen LogP contribution < -0.4 is 14.2 Å². The predicted molar refractivity (Wildman–Crippen MR) is 371 cm³/mol. The molecule has 0 radical (unpaired) electrons. The Morgan fingerprint density at radius 1 is 0.323 bits per heavy atom. The molecule has 6 saturated heterocycles. The third-order valence-electron chi connectivity index (χ3n) is 22.7. The van der Waals surface area contributed by atoms with Crippen LogP contribution in [0.2, 0.25) is 0 Å². The standard InChI is InChI=1S/3C27H33F3N2O/c28-27(29,30)21-12-10-20(11-13-21)23-19-32-17-5-8-24(32)22-7-4-9-25(26(22)23)33-18-6-16-31-14-2-1-3-15-31;2*28-27(29,30)21-9-7-20(8-10-21)25-19-32-16-4-6-26(32)24-18-22(11-12-23(24)25)33-17-5-15-31-13-2-1-3-14-31/h4,7,9-13,23-24H,1-3,5-6,8,14-19H2;2*7-12,18,25-26H,1-6,13-17,19H2/t23-,24-;25-,26+;25-,26-/m010/s1. The van der Waals surface area contributed by atoms with Crippen molar-refractivity contribution in [3.05, 3.63) is 194 Å². The van der Waals surface area contributed by atoms with Gasteiger partial charge in [-0.3, -0.25) is 14.7 Å². The van der Waals surface area contributed by atoms with Gasteiger partial charge in [0.25, 0.3) is 0 Å². The van der Waals surface area contributed by atoms with Crippen LogP contribution in [-0.2, 0) is 18.5 Å². The van der Waals surface area contributed by atoms with Crippen molar-refractivity contribution in [2.24, 2.45) is 0 Å². The largest absolute Gasteiger partial charge is 0.494 e. The quantitative estimate of drug-likeness (QED) is 0.0619. The van der Waals surface area contributed by atoms with Gasteiger partial charge in [-0.25, -0.2) is 0 Å². The number of nitrogens with zero attached hydrogens (tertiary/aromatic N) is 6. The fourth-order valence-electron chi connectivity index (χ4n) is 17.6. The predicted octanol–water partition coefficient (Wildman–Crippen LogP) is 18.7. The SMILES string of the molecule is FC(F)(F)c1ccc([C@@H]2CN3CCC[C@H]3c3cc(OCCCN4CCCCC4)ccc32)cc1.FC(F)(F)c1ccc([C@@H]2CN3CCC[C@H]3c3cccc(OCCCN4CCCCC4)c32)cc1.FC(F)(F)c1ccc([C@H]2CN3CCC[C@H]3c3cc(OCCCN4CCCCC4)ccc32)cc1. The monoisotopic (exact) mass is 1370 g/mol. The maximum Gasteiger partial charge on any atom is 0.416 e. The molecule has 0 aromatic heterocycles. The topological polar surface area (TPSA) is 47.1 Å². The average Bonchev–Trinajstić information content (AvgIpc) is 1.76. The highest BCUT2D eigenvalue weighted by Crippen LogP contribution is 2.50. The number of alkyl halides is 9. The first-order valence-corrected chi connectivity index (χ1v) is 37.2. The van der Waals surface area contributed by atoms with Crippen LogP contribution in [0.1, 0.15) is 218 Å². The zero-order valence-corrected chi connectivity index (χ0v) is 57.4. The fourth-order valence-corrected chi connectivity index (χ4v) is 17.6. The van der Waals surface area contributed by atoms with E-state index in [-0.39, 0.29) is 17.8 Å². The van der Waals surface area contributed by atoms with Crippen LogP contribution in [0.25, 0.3) is 0 Å². The summed E-state index contributed by atoms with van der Waals surface area (Å²) >= 11 is 0. The Hall–Kier alpha value is -6.15. The maximum absolute atomic E-state index is 13.1. The Bertz CT molecular complexity index is 3370. The lowest BCUT2D eigenvalue weighted by atomic mass is 9.81. The van der Waals surface area contributed by atoms with Crippen LogP contribution in [0.4, 0.5) is 39.5 Å². The smallest absolute Gasteiger partial charge is 0.416 e.